The molecule has 2 aliphatic rings. The second-order valence-electron chi connectivity index (χ2n) is 19.6. The predicted octanol–water partition coefficient (Wildman–Crippen LogP) is -16.9. The first-order valence-electron chi connectivity index (χ1n) is 23.3. The molecule has 0 nitrogen and oxygen atoms in total. The lowest BCUT2D eigenvalue weighted by molar-refractivity contribution is 0.695. The van der Waals surface area contributed by atoms with Crippen molar-refractivity contribution in [1.82, 2.24) is 0 Å². The topological polar surface area (TPSA) is 0 Å². The first-order valence-corrected chi connectivity index (χ1v) is 23.3. The molecule has 0 N–H and O–H groups in total. The van der Waals surface area contributed by atoms with E-state index in [0.717, 1.165) is 0 Å². The average molecular weight is 911 g/mol. The molecule has 28 heteroatoms. The van der Waals surface area contributed by atoms with Crippen LogP contribution in [0, 0.1) is 12.3 Å². The van der Waals surface area contributed by atoms with Gasteiger partial charge in [0, 0.05) is 5.41 Å². The lowest BCUT2D eigenvalue weighted by atomic mass is 9.55. The zero-order valence-electron chi connectivity index (χ0n) is 42.2. The molecule has 0 bridgehead atoms. The minimum absolute atomic E-state index is 0.0325. The Morgan fingerprint density at radius 1 is 0.385 bits per heavy atom. The highest BCUT2D eigenvalue weighted by Gasteiger charge is 2.54. The third-order valence-electron chi connectivity index (χ3n) is 15.7. The van der Waals surface area contributed by atoms with Gasteiger partial charge in [0.1, 0.15) is 220 Å². The fraction of sp³-hybridized carbons (Fsp3) is 0.0800. The molecule has 1 atom stereocenters. The van der Waals surface area contributed by atoms with Crippen LogP contribution in [0.4, 0.5) is 0 Å². The molecule has 56 radical (unpaired) electrons. The first-order chi connectivity index (χ1) is 36.3. The van der Waals surface area contributed by atoms with Gasteiger partial charge in [-0.15, -0.1) is 77.5 Å². The van der Waals surface area contributed by atoms with E-state index in [9.17, 15) is 0 Å². The van der Waals surface area contributed by atoms with Crippen LogP contribution in [0.1, 0.15) is 46.7 Å². The van der Waals surface area contributed by atoms with Crippen LogP contribution >= 0.6 is 0 Å². The van der Waals surface area contributed by atoms with Gasteiger partial charge in [0.15, 0.2) is 0 Å². The third-order valence-corrected chi connectivity index (χ3v) is 15.7. The van der Waals surface area contributed by atoms with E-state index >= 15 is 0 Å². The molecular weight excluding hydrogens is 903 g/mol. The molecule has 78 heavy (non-hydrogen) atoms. The summed E-state index contributed by atoms with van der Waals surface area (Å²) in [6.45, 7) is 1.51. The zero-order chi connectivity index (χ0) is 58.0. The molecule has 0 aromatic heterocycles. The standard InChI is InChI=1S/C50H8B28/c1-3-9(52)29(58)28(57)8-5-50(22-11(8)31(60)42(71)48(77)40(22)69)23-19(20-24(50)41(70)49(78)47(76)37(20)66)26(55)7(27(56)39(23)68)4-10(53)12(25(54)6(2)51)21-30(59)13-14(32(61)38(21)67)16-18(36(65)46(75)44(73)34(16)63)17-15(13)33(62)43(72)45(74)35(17)64/h1H,4-5H2,2H3/b12-10+,25-6-,28-8-,29-9-. The highest BCUT2D eigenvalue weighted by atomic mass is 14.5. The van der Waals surface area contributed by atoms with E-state index in [2.05, 4.69) is 5.92 Å². The maximum atomic E-state index is 7.41. The summed E-state index contributed by atoms with van der Waals surface area (Å²) in [7, 11) is 191. The zero-order valence-corrected chi connectivity index (χ0v) is 42.2. The smallest absolute Gasteiger partial charge is 0.125 e. The number of benzene rings is 7. The summed E-state index contributed by atoms with van der Waals surface area (Å²) in [6.07, 6.45) is 5.09. The van der Waals surface area contributed by atoms with Gasteiger partial charge in [-0.05, 0) is 95.2 Å². The molecule has 1 unspecified atom stereocenters. The van der Waals surface area contributed by atoms with E-state index in [4.69, 9.17) is 226 Å². The average Bonchev–Trinajstić information content (AvgIpc) is 4.07. The molecule has 2 aliphatic carbocycles. The summed E-state index contributed by atoms with van der Waals surface area (Å²) >= 11 is 0. The lowest BCUT2D eigenvalue weighted by Gasteiger charge is -2.36. The Bertz CT molecular complexity index is 4200. The van der Waals surface area contributed by atoms with Crippen molar-refractivity contribution < 1.29 is 0 Å². The molecular formula is C50H8B28. The van der Waals surface area contributed by atoms with Crippen molar-refractivity contribution in [3.8, 4) is 23.5 Å². The number of allylic oxidation sites excluding steroid dienone is 8. The largest absolute Gasteiger partial charge is 0.127 e. The van der Waals surface area contributed by atoms with Crippen LogP contribution in [0.3, 0.4) is 0 Å². The Balaban J connectivity index is 1.43. The molecule has 0 saturated heterocycles. The molecule has 7 aromatic rings. The lowest BCUT2D eigenvalue weighted by Crippen LogP contribution is -2.55. The fourth-order valence-corrected chi connectivity index (χ4v) is 11.7. The van der Waals surface area contributed by atoms with Crippen molar-refractivity contribution in [2.75, 3.05) is 0 Å². The van der Waals surface area contributed by atoms with Crippen molar-refractivity contribution >= 4 is 383 Å². The van der Waals surface area contributed by atoms with Gasteiger partial charge in [0.2, 0.25) is 0 Å². The van der Waals surface area contributed by atoms with Crippen molar-refractivity contribution in [3.05, 3.63) is 66.2 Å². The molecule has 0 aliphatic heterocycles. The number of hydrogen-bond donors (Lipinski definition) is 0. The molecule has 0 amide bonds. The van der Waals surface area contributed by atoms with Crippen LogP contribution in [-0.4, -0.2) is 220 Å². The normalized spacial score (nSPS) is 16.2. The Morgan fingerprint density at radius 2 is 0.718 bits per heavy atom. The third kappa shape index (κ3) is 7.62. The van der Waals surface area contributed by atoms with Crippen LogP contribution < -0.4 is 120 Å². The molecule has 0 saturated carbocycles. The predicted molar refractivity (Wildman–Crippen MR) is 361 cm³/mol. The second-order valence-corrected chi connectivity index (χ2v) is 19.6. The summed E-state index contributed by atoms with van der Waals surface area (Å²) in [4.78, 5) is 0. The van der Waals surface area contributed by atoms with E-state index in [1.165, 1.54) is 6.92 Å². The molecule has 0 fully saturated rings. The van der Waals surface area contributed by atoms with Gasteiger partial charge in [0.25, 0.3) is 0 Å². The first kappa shape index (κ1) is 58.3. The Hall–Kier alpha value is -4.34. The Labute approximate surface area is 494 Å². The van der Waals surface area contributed by atoms with Crippen LogP contribution in [-0.2, 0) is 11.8 Å². The van der Waals surface area contributed by atoms with Crippen LogP contribution in [0.25, 0.3) is 54.6 Å². The minimum atomic E-state index is -1.69. The summed E-state index contributed by atoms with van der Waals surface area (Å²) < 4.78 is 0. The van der Waals surface area contributed by atoms with Gasteiger partial charge in [-0.3, -0.25) is 0 Å². The van der Waals surface area contributed by atoms with Gasteiger partial charge in [-0.25, -0.2) is 0 Å². The van der Waals surface area contributed by atoms with Crippen LogP contribution in [0.2, 0.25) is 0 Å². The van der Waals surface area contributed by atoms with Crippen LogP contribution in [0.15, 0.2) is 32.8 Å². The summed E-state index contributed by atoms with van der Waals surface area (Å²) in [5.74, 6) is 2.30. The summed E-state index contributed by atoms with van der Waals surface area (Å²) in [6, 6.07) is 0. The van der Waals surface area contributed by atoms with Crippen molar-refractivity contribution in [1.29, 1.82) is 0 Å². The quantitative estimate of drug-likeness (QED) is 0.0699. The van der Waals surface area contributed by atoms with E-state index in [0.29, 0.717) is 0 Å². The Morgan fingerprint density at radius 3 is 1.13 bits per heavy atom. The van der Waals surface area contributed by atoms with Crippen LogP contribution in [0.5, 0.6) is 0 Å². The fourth-order valence-electron chi connectivity index (χ4n) is 11.7. The molecule has 7 aromatic carbocycles. The maximum absolute atomic E-state index is 7.41. The van der Waals surface area contributed by atoms with Gasteiger partial charge in [-0.2, -0.15) is 0 Å². The van der Waals surface area contributed by atoms with Crippen molar-refractivity contribution in [2.45, 2.75) is 25.2 Å². The second kappa shape index (κ2) is 20.0. The molecule has 0 heterocycles. The highest BCUT2D eigenvalue weighted by molar-refractivity contribution is 6.76. The number of terminal acetylenes is 1. The Kier molecular flexibility index (Phi) is 14.9. The summed E-state index contributed by atoms with van der Waals surface area (Å²) in [5, 5.41) is 0.883. The highest BCUT2D eigenvalue weighted by Crippen LogP contribution is 2.58. The molecule has 9 rings (SSSR count). The van der Waals surface area contributed by atoms with Gasteiger partial charge < -0.3 is 0 Å². The van der Waals surface area contributed by atoms with Crippen molar-refractivity contribution in [2.24, 2.45) is 0 Å². The molecule has 292 valence electrons. The van der Waals surface area contributed by atoms with E-state index in [-0.39, 0.29) is 254 Å². The SMILES string of the molecule is [B]/C(C)=C([B])/C(=C(/[B])Cc1c([B])c([B])c2c(c1[B])-c1c([B])c([B])c([B])c([B])c1C21C/C(=C([B])\C([B])=C(\[B])C#C)c2c([B])c([B])c([B])c([B])c21)c1c([B])c([B])c2c3c([B])c([B])c([B])c([B])c3c3c([B])c([B])c([B])c([B])c3c2c1[B]. The minimum Gasteiger partial charge on any atom is -0.127 e. The number of fused-ring (bicyclic) bond motifs is 13. The van der Waals surface area contributed by atoms with Gasteiger partial charge >= 0.3 is 0 Å². The molecule has 1 spiro atoms. The number of hydrogen-bond acceptors (Lipinski definition) is 0. The number of rotatable bonds is 5. The summed E-state index contributed by atoms with van der Waals surface area (Å²) in [5.41, 5.74) is -2.61. The maximum Gasteiger partial charge on any atom is 0.125 e. The van der Waals surface area contributed by atoms with Gasteiger partial charge in [-0.1, -0.05) is 100 Å². The van der Waals surface area contributed by atoms with Gasteiger partial charge in [0.05, 0.1) is 0 Å². The van der Waals surface area contributed by atoms with E-state index in [1.54, 1.807) is 0 Å². The van der Waals surface area contributed by atoms with E-state index in [1.807, 2.05) is 0 Å². The van der Waals surface area contributed by atoms with Crippen molar-refractivity contribution in [3.63, 3.8) is 0 Å². The monoisotopic (exact) mass is 916 g/mol. The van der Waals surface area contributed by atoms with E-state index < -0.39 is 5.41 Å².